The number of aryl methyl sites for hydroxylation is 1. The number of likely N-dealkylation sites (tertiary alicyclic amines) is 1. The number of nitrogens with zero attached hydrogens (tertiary/aromatic N) is 2. The summed E-state index contributed by atoms with van der Waals surface area (Å²) >= 11 is 0. The zero-order valence-electron chi connectivity index (χ0n) is 20.6. The minimum absolute atomic E-state index is 0.0117. The molecule has 2 heterocycles. The van der Waals surface area contributed by atoms with Gasteiger partial charge in [0.15, 0.2) is 11.5 Å². The van der Waals surface area contributed by atoms with E-state index in [1.54, 1.807) is 42.7 Å². The zero-order valence-corrected chi connectivity index (χ0v) is 20.6. The van der Waals surface area contributed by atoms with Crippen LogP contribution < -0.4 is 14.2 Å². The summed E-state index contributed by atoms with van der Waals surface area (Å²) in [5.74, 6) is -0.622. The lowest BCUT2D eigenvalue weighted by Crippen LogP contribution is -2.29. The van der Waals surface area contributed by atoms with Crippen LogP contribution in [0.1, 0.15) is 35.2 Å². The fraction of sp³-hybridized carbons (Fsp3) is 0.250. The second-order valence-electron chi connectivity index (χ2n) is 8.30. The highest BCUT2D eigenvalue weighted by Gasteiger charge is 2.46. The molecule has 1 aliphatic heterocycles. The molecule has 2 aromatic carbocycles. The van der Waals surface area contributed by atoms with Gasteiger partial charge >= 0.3 is 0 Å². The summed E-state index contributed by atoms with van der Waals surface area (Å²) in [7, 11) is 4.47. The van der Waals surface area contributed by atoms with Gasteiger partial charge in [-0.15, -0.1) is 0 Å². The van der Waals surface area contributed by atoms with Crippen molar-refractivity contribution in [2.75, 3.05) is 21.3 Å². The predicted molar refractivity (Wildman–Crippen MR) is 134 cm³/mol. The van der Waals surface area contributed by atoms with Crippen molar-refractivity contribution in [3.8, 4) is 17.2 Å². The van der Waals surface area contributed by atoms with Crippen molar-refractivity contribution in [2.24, 2.45) is 0 Å². The second-order valence-corrected chi connectivity index (χ2v) is 8.30. The quantitative estimate of drug-likeness (QED) is 0.287. The molecule has 0 aliphatic carbocycles. The van der Waals surface area contributed by atoms with Crippen LogP contribution in [0.4, 0.5) is 0 Å². The van der Waals surface area contributed by atoms with E-state index in [1.807, 2.05) is 25.1 Å². The number of hydrogen-bond donors (Lipinski definition) is 1. The SMILES string of the molecule is CCc1ccc(/C(O)=C2\C(=O)C(=O)N(Cc3cccnc3)C2c2cc(OC)c(OC)c(OC)c2)cc1. The number of aliphatic hydroxyl groups is 1. The summed E-state index contributed by atoms with van der Waals surface area (Å²) in [4.78, 5) is 32.2. The van der Waals surface area contributed by atoms with Crippen LogP contribution in [0.3, 0.4) is 0 Å². The Kier molecular flexibility index (Phi) is 7.24. The van der Waals surface area contributed by atoms with Crippen LogP contribution in [-0.4, -0.2) is 48.0 Å². The molecule has 8 heteroatoms. The minimum Gasteiger partial charge on any atom is -0.507 e. The molecule has 3 aromatic rings. The average Bonchev–Trinajstić information content (AvgIpc) is 3.17. The van der Waals surface area contributed by atoms with Crippen molar-refractivity contribution in [1.82, 2.24) is 9.88 Å². The van der Waals surface area contributed by atoms with Gasteiger partial charge in [-0.25, -0.2) is 0 Å². The number of aromatic nitrogens is 1. The average molecular weight is 489 g/mol. The summed E-state index contributed by atoms with van der Waals surface area (Å²) in [6.07, 6.45) is 4.10. The van der Waals surface area contributed by atoms with Crippen LogP contribution in [0, 0.1) is 0 Å². The van der Waals surface area contributed by atoms with E-state index in [0.717, 1.165) is 17.5 Å². The number of rotatable bonds is 8. The summed E-state index contributed by atoms with van der Waals surface area (Å²) in [5.41, 5.74) is 2.79. The van der Waals surface area contributed by atoms with Gasteiger partial charge in [-0.05, 0) is 41.3 Å². The number of hydrogen-bond acceptors (Lipinski definition) is 7. The molecule has 1 saturated heterocycles. The maximum Gasteiger partial charge on any atom is 0.295 e. The number of ether oxygens (including phenoxy) is 3. The monoisotopic (exact) mass is 488 g/mol. The number of aliphatic hydroxyl groups excluding tert-OH is 1. The molecule has 0 saturated carbocycles. The van der Waals surface area contributed by atoms with Gasteiger partial charge in [0.2, 0.25) is 5.75 Å². The lowest BCUT2D eigenvalue weighted by Gasteiger charge is -2.26. The van der Waals surface area contributed by atoms with Crippen molar-refractivity contribution in [1.29, 1.82) is 0 Å². The van der Waals surface area contributed by atoms with Gasteiger partial charge in [-0.1, -0.05) is 37.3 Å². The largest absolute Gasteiger partial charge is 0.507 e. The van der Waals surface area contributed by atoms with E-state index in [-0.39, 0.29) is 17.9 Å². The molecule has 36 heavy (non-hydrogen) atoms. The maximum atomic E-state index is 13.3. The van der Waals surface area contributed by atoms with E-state index in [4.69, 9.17) is 14.2 Å². The number of carbonyl (C=O) groups is 2. The molecule has 1 unspecified atom stereocenters. The lowest BCUT2D eigenvalue weighted by molar-refractivity contribution is -0.140. The highest BCUT2D eigenvalue weighted by atomic mass is 16.5. The molecule has 186 valence electrons. The lowest BCUT2D eigenvalue weighted by atomic mass is 9.94. The molecule has 1 aliphatic rings. The van der Waals surface area contributed by atoms with E-state index in [2.05, 4.69) is 4.98 Å². The van der Waals surface area contributed by atoms with Gasteiger partial charge < -0.3 is 24.2 Å². The van der Waals surface area contributed by atoms with Crippen LogP contribution in [0.5, 0.6) is 17.2 Å². The third-order valence-corrected chi connectivity index (χ3v) is 6.25. The van der Waals surface area contributed by atoms with Crippen LogP contribution in [0.2, 0.25) is 0 Å². The Morgan fingerprint density at radius 3 is 2.17 bits per heavy atom. The molecule has 0 spiro atoms. The third-order valence-electron chi connectivity index (χ3n) is 6.25. The van der Waals surface area contributed by atoms with Gasteiger partial charge in [-0.3, -0.25) is 14.6 Å². The van der Waals surface area contributed by atoms with Crippen molar-refractivity contribution in [3.63, 3.8) is 0 Å². The van der Waals surface area contributed by atoms with Crippen molar-refractivity contribution in [3.05, 3.63) is 88.8 Å². The summed E-state index contributed by atoms with van der Waals surface area (Å²) in [6, 6.07) is 13.3. The van der Waals surface area contributed by atoms with Crippen LogP contribution in [-0.2, 0) is 22.6 Å². The van der Waals surface area contributed by atoms with Crippen LogP contribution >= 0.6 is 0 Å². The molecule has 1 atom stereocenters. The number of ketones is 1. The molecule has 1 amide bonds. The number of carbonyl (C=O) groups excluding carboxylic acids is 2. The van der Waals surface area contributed by atoms with E-state index in [0.29, 0.717) is 28.4 Å². The van der Waals surface area contributed by atoms with Gasteiger partial charge in [-0.2, -0.15) is 0 Å². The Bertz CT molecular complexity index is 1280. The molecular formula is C28H28N2O6. The number of amides is 1. The van der Waals surface area contributed by atoms with Crippen molar-refractivity contribution < 1.29 is 28.9 Å². The van der Waals surface area contributed by atoms with Crippen LogP contribution in [0.25, 0.3) is 5.76 Å². The topological polar surface area (TPSA) is 98.2 Å². The number of Topliss-reactive ketones (excluding diaryl/α,β-unsaturated/α-hetero) is 1. The number of pyridine rings is 1. The highest BCUT2D eigenvalue weighted by Crippen LogP contribution is 2.46. The Morgan fingerprint density at radius 2 is 1.64 bits per heavy atom. The molecular weight excluding hydrogens is 460 g/mol. The van der Waals surface area contributed by atoms with Crippen molar-refractivity contribution >= 4 is 17.4 Å². The summed E-state index contributed by atoms with van der Waals surface area (Å²) in [5, 5.41) is 11.3. The first-order valence-corrected chi connectivity index (χ1v) is 11.5. The van der Waals surface area contributed by atoms with E-state index >= 15 is 0 Å². The van der Waals surface area contributed by atoms with Crippen molar-refractivity contribution in [2.45, 2.75) is 25.9 Å². The first-order chi connectivity index (χ1) is 17.4. The Morgan fingerprint density at radius 1 is 0.972 bits per heavy atom. The number of methoxy groups -OCH3 is 3. The number of benzene rings is 2. The molecule has 1 aromatic heterocycles. The maximum absolute atomic E-state index is 13.3. The highest BCUT2D eigenvalue weighted by molar-refractivity contribution is 6.46. The van der Waals surface area contributed by atoms with E-state index in [1.165, 1.54) is 26.2 Å². The van der Waals surface area contributed by atoms with E-state index in [9.17, 15) is 14.7 Å². The fourth-order valence-corrected chi connectivity index (χ4v) is 4.39. The Labute approximate surface area is 209 Å². The Balaban J connectivity index is 1.93. The summed E-state index contributed by atoms with van der Waals surface area (Å²) < 4.78 is 16.5. The second kappa shape index (κ2) is 10.5. The van der Waals surface area contributed by atoms with Gasteiger partial charge in [0, 0.05) is 24.5 Å². The first kappa shape index (κ1) is 24.8. The van der Waals surface area contributed by atoms with E-state index < -0.39 is 17.7 Å². The molecule has 8 nitrogen and oxygen atoms in total. The van der Waals surface area contributed by atoms with Crippen LogP contribution in [0.15, 0.2) is 66.5 Å². The zero-order chi connectivity index (χ0) is 25.8. The predicted octanol–water partition coefficient (Wildman–Crippen LogP) is 4.29. The van der Waals surface area contributed by atoms with Gasteiger partial charge in [0.05, 0.1) is 32.9 Å². The summed E-state index contributed by atoms with van der Waals surface area (Å²) in [6.45, 7) is 2.15. The molecule has 0 radical (unpaired) electrons. The molecule has 1 fully saturated rings. The normalized spacial score (nSPS) is 16.8. The molecule has 4 rings (SSSR count). The smallest absolute Gasteiger partial charge is 0.295 e. The third kappa shape index (κ3) is 4.49. The van der Waals surface area contributed by atoms with Gasteiger partial charge in [0.25, 0.3) is 11.7 Å². The standard InChI is InChI=1S/C28H28N2O6/c1-5-17-8-10-19(11-9-17)25(31)23-24(20-13-21(34-2)27(36-4)22(14-20)35-3)30(28(33)26(23)32)16-18-7-6-12-29-15-18/h6-15,24,31H,5,16H2,1-4H3/b25-23+. The Hall–Kier alpha value is -4.33. The molecule has 1 N–H and O–H groups in total. The van der Waals surface area contributed by atoms with Gasteiger partial charge in [0.1, 0.15) is 5.76 Å². The minimum atomic E-state index is -0.898. The first-order valence-electron chi connectivity index (χ1n) is 11.5. The molecule has 0 bridgehead atoms. The fourth-order valence-electron chi connectivity index (χ4n) is 4.39.